The molecule has 2 unspecified atom stereocenters. The lowest BCUT2D eigenvalue weighted by Crippen LogP contribution is -2.34. The van der Waals surface area contributed by atoms with Crippen molar-refractivity contribution in [3.05, 3.63) is 0 Å². The lowest BCUT2D eigenvalue weighted by atomic mass is 9.95. The smallest absolute Gasteiger partial charge is 0.207 e. The van der Waals surface area contributed by atoms with Crippen LogP contribution in [0.3, 0.4) is 0 Å². The highest BCUT2D eigenvalue weighted by atomic mass is 32.2. The summed E-state index contributed by atoms with van der Waals surface area (Å²) in [5.41, 5.74) is 0. The third-order valence-corrected chi connectivity index (χ3v) is 3.36. The Morgan fingerprint density at radius 3 is 3.00 bits per heavy atom. The monoisotopic (exact) mass is 173 g/mol. The Kier molecular flexibility index (Phi) is 3.77. The van der Waals surface area contributed by atoms with Gasteiger partial charge in [0.15, 0.2) is 0 Å². The van der Waals surface area contributed by atoms with Crippen LogP contribution < -0.4 is 5.32 Å². The van der Waals surface area contributed by atoms with E-state index in [2.05, 4.69) is 11.6 Å². The first-order valence-electron chi connectivity index (χ1n) is 4.09. The Bertz CT molecular complexity index is 129. The van der Waals surface area contributed by atoms with E-state index in [4.69, 9.17) is 0 Å². The Labute approximate surface area is 72.1 Å². The van der Waals surface area contributed by atoms with Crippen molar-refractivity contribution in [2.75, 3.05) is 6.26 Å². The lowest BCUT2D eigenvalue weighted by molar-refractivity contribution is -0.110. The Hall–Kier alpha value is -0.180. The van der Waals surface area contributed by atoms with Crippen LogP contribution >= 0.6 is 11.8 Å². The molecule has 2 nitrogen and oxygen atoms in total. The highest BCUT2D eigenvalue weighted by Gasteiger charge is 2.19. The largest absolute Gasteiger partial charge is 0.356 e. The average Bonchev–Trinajstić information content (AvgIpc) is 2.06. The fourth-order valence-electron chi connectivity index (χ4n) is 1.61. The van der Waals surface area contributed by atoms with Crippen LogP contribution in [-0.4, -0.2) is 24.0 Å². The van der Waals surface area contributed by atoms with Gasteiger partial charge in [0.25, 0.3) is 0 Å². The zero-order valence-corrected chi connectivity index (χ0v) is 7.69. The molecule has 0 spiro atoms. The SMILES string of the molecule is CSC1CCCC(NC=O)C1. The molecule has 1 aliphatic rings. The van der Waals surface area contributed by atoms with E-state index in [1.165, 1.54) is 12.8 Å². The van der Waals surface area contributed by atoms with E-state index in [-0.39, 0.29) is 0 Å². The van der Waals surface area contributed by atoms with Crippen molar-refractivity contribution in [3.8, 4) is 0 Å². The summed E-state index contributed by atoms with van der Waals surface area (Å²) in [5, 5.41) is 3.62. The number of nitrogens with one attached hydrogen (secondary N) is 1. The molecule has 1 aliphatic carbocycles. The predicted octanol–water partition coefficient (Wildman–Crippen LogP) is 1.41. The summed E-state index contributed by atoms with van der Waals surface area (Å²) in [6, 6.07) is 0.443. The Morgan fingerprint density at radius 1 is 1.55 bits per heavy atom. The second-order valence-corrected chi connectivity index (χ2v) is 4.14. The second-order valence-electron chi connectivity index (χ2n) is 3.01. The van der Waals surface area contributed by atoms with E-state index < -0.39 is 0 Å². The molecule has 11 heavy (non-hydrogen) atoms. The second kappa shape index (κ2) is 4.65. The summed E-state index contributed by atoms with van der Waals surface area (Å²) in [4.78, 5) is 10.2. The average molecular weight is 173 g/mol. The van der Waals surface area contributed by atoms with E-state index >= 15 is 0 Å². The fraction of sp³-hybridized carbons (Fsp3) is 0.875. The minimum absolute atomic E-state index is 0.443. The molecule has 0 heterocycles. The Morgan fingerprint density at radius 2 is 2.36 bits per heavy atom. The molecule has 0 aromatic heterocycles. The summed E-state index contributed by atoms with van der Waals surface area (Å²) in [7, 11) is 0. The number of hydrogen-bond acceptors (Lipinski definition) is 2. The summed E-state index contributed by atoms with van der Waals surface area (Å²) < 4.78 is 0. The van der Waals surface area contributed by atoms with Gasteiger partial charge in [-0.25, -0.2) is 0 Å². The van der Waals surface area contributed by atoms with Crippen LogP contribution in [0.25, 0.3) is 0 Å². The molecule has 2 atom stereocenters. The van der Waals surface area contributed by atoms with Gasteiger partial charge in [0.2, 0.25) is 6.41 Å². The van der Waals surface area contributed by atoms with Crippen molar-refractivity contribution in [3.63, 3.8) is 0 Å². The van der Waals surface area contributed by atoms with Crippen molar-refractivity contribution in [1.29, 1.82) is 0 Å². The molecule has 1 rings (SSSR count). The zero-order chi connectivity index (χ0) is 8.10. The minimum Gasteiger partial charge on any atom is -0.356 e. The third kappa shape index (κ3) is 2.73. The molecule has 0 aromatic carbocycles. The van der Waals surface area contributed by atoms with Crippen molar-refractivity contribution < 1.29 is 4.79 Å². The molecule has 0 saturated heterocycles. The van der Waals surface area contributed by atoms with E-state index in [0.717, 1.165) is 24.5 Å². The maximum atomic E-state index is 10.2. The Balaban J connectivity index is 2.27. The fourth-order valence-corrected chi connectivity index (χ4v) is 2.43. The summed E-state index contributed by atoms with van der Waals surface area (Å²) in [5.74, 6) is 0. The normalized spacial score (nSPS) is 31.4. The number of thioether (sulfide) groups is 1. The minimum atomic E-state index is 0.443. The van der Waals surface area contributed by atoms with E-state index in [9.17, 15) is 4.79 Å². The number of carbonyl (C=O) groups excluding carboxylic acids is 1. The summed E-state index contributed by atoms with van der Waals surface area (Å²) in [6.45, 7) is 0. The van der Waals surface area contributed by atoms with Gasteiger partial charge in [-0.15, -0.1) is 0 Å². The predicted molar refractivity (Wildman–Crippen MR) is 48.8 cm³/mol. The molecule has 1 amide bonds. The molecular formula is C8H15NOS. The van der Waals surface area contributed by atoms with Gasteiger partial charge in [-0.3, -0.25) is 4.79 Å². The molecular weight excluding hydrogens is 158 g/mol. The van der Waals surface area contributed by atoms with Crippen LogP contribution in [-0.2, 0) is 4.79 Å². The summed E-state index contributed by atoms with van der Waals surface area (Å²) >= 11 is 1.92. The molecule has 0 aromatic rings. The quantitative estimate of drug-likeness (QED) is 0.654. The summed E-state index contributed by atoms with van der Waals surface area (Å²) in [6.07, 6.45) is 7.87. The molecule has 3 heteroatoms. The highest BCUT2D eigenvalue weighted by molar-refractivity contribution is 7.99. The van der Waals surface area contributed by atoms with Crippen molar-refractivity contribution >= 4 is 18.2 Å². The van der Waals surface area contributed by atoms with Crippen LogP contribution in [0.1, 0.15) is 25.7 Å². The van der Waals surface area contributed by atoms with Crippen LogP contribution in [0.15, 0.2) is 0 Å². The molecule has 1 fully saturated rings. The van der Waals surface area contributed by atoms with Gasteiger partial charge in [-0.2, -0.15) is 11.8 Å². The van der Waals surface area contributed by atoms with Gasteiger partial charge in [-0.1, -0.05) is 6.42 Å². The topological polar surface area (TPSA) is 29.1 Å². The van der Waals surface area contributed by atoms with E-state index in [1.807, 2.05) is 11.8 Å². The van der Waals surface area contributed by atoms with Crippen molar-refractivity contribution in [2.24, 2.45) is 0 Å². The van der Waals surface area contributed by atoms with Crippen molar-refractivity contribution in [1.82, 2.24) is 5.32 Å². The molecule has 1 N–H and O–H groups in total. The molecule has 0 radical (unpaired) electrons. The maximum Gasteiger partial charge on any atom is 0.207 e. The maximum absolute atomic E-state index is 10.2. The van der Waals surface area contributed by atoms with Crippen molar-refractivity contribution in [2.45, 2.75) is 37.0 Å². The zero-order valence-electron chi connectivity index (χ0n) is 6.88. The molecule has 0 bridgehead atoms. The van der Waals surface area contributed by atoms with Gasteiger partial charge in [-0.05, 0) is 25.5 Å². The molecule has 1 saturated carbocycles. The van der Waals surface area contributed by atoms with Gasteiger partial charge >= 0.3 is 0 Å². The van der Waals surface area contributed by atoms with Crippen LogP contribution in [0.2, 0.25) is 0 Å². The first-order chi connectivity index (χ1) is 5.36. The van der Waals surface area contributed by atoms with Gasteiger partial charge < -0.3 is 5.32 Å². The van der Waals surface area contributed by atoms with Gasteiger partial charge in [0, 0.05) is 11.3 Å². The number of amides is 1. The number of hydrogen-bond donors (Lipinski definition) is 1. The van der Waals surface area contributed by atoms with E-state index in [0.29, 0.717) is 6.04 Å². The van der Waals surface area contributed by atoms with Crippen LogP contribution in [0.5, 0.6) is 0 Å². The first kappa shape index (κ1) is 8.91. The third-order valence-electron chi connectivity index (χ3n) is 2.26. The first-order valence-corrected chi connectivity index (χ1v) is 5.38. The standard InChI is InChI=1S/C8H15NOS/c1-11-8-4-2-3-7(5-8)9-6-10/h6-8H,2-5H2,1H3,(H,9,10). The molecule has 0 aliphatic heterocycles. The van der Waals surface area contributed by atoms with Crippen LogP contribution in [0.4, 0.5) is 0 Å². The number of rotatable bonds is 3. The molecule has 64 valence electrons. The van der Waals surface area contributed by atoms with Gasteiger partial charge in [0.05, 0.1) is 0 Å². The van der Waals surface area contributed by atoms with Gasteiger partial charge in [0.1, 0.15) is 0 Å². The number of carbonyl (C=O) groups is 1. The van der Waals surface area contributed by atoms with E-state index in [1.54, 1.807) is 0 Å². The van der Waals surface area contributed by atoms with Crippen LogP contribution in [0, 0.1) is 0 Å². The lowest BCUT2D eigenvalue weighted by Gasteiger charge is -2.27. The highest BCUT2D eigenvalue weighted by Crippen LogP contribution is 2.26.